The van der Waals surface area contributed by atoms with Crippen molar-refractivity contribution < 1.29 is 12.8 Å². The highest BCUT2D eigenvalue weighted by Gasteiger charge is 2.28. The van der Waals surface area contributed by atoms with Crippen LogP contribution in [0.3, 0.4) is 0 Å². The van der Waals surface area contributed by atoms with Crippen LogP contribution in [0.1, 0.15) is 24.8 Å². The van der Waals surface area contributed by atoms with Gasteiger partial charge in [0.1, 0.15) is 5.82 Å². The maximum atomic E-state index is 13.8. The molecule has 7 nitrogen and oxygen atoms in total. The van der Waals surface area contributed by atoms with Gasteiger partial charge in [0.15, 0.2) is 11.6 Å². The van der Waals surface area contributed by atoms with Gasteiger partial charge >= 0.3 is 0 Å². The number of rotatable bonds is 5. The second-order valence-electron chi connectivity index (χ2n) is 7.53. The summed E-state index contributed by atoms with van der Waals surface area (Å²) < 4.78 is 40.6. The molecule has 0 aliphatic carbocycles. The molecule has 9 heteroatoms. The molecule has 29 heavy (non-hydrogen) atoms. The van der Waals surface area contributed by atoms with Crippen molar-refractivity contribution in [3.63, 3.8) is 0 Å². The maximum Gasteiger partial charge on any atom is 0.218 e. The van der Waals surface area contributed by atoms with Crippen LogP contribution in [0.2, 0.25) is 0 Å². The van der Waals surface area contributed by atoms with Gasteiger partial charge in [-0.05, 0) is 37.5 Å². The summed E-state index contributed by atoms with van der Waals surface area (Å²) in [6.07, 6.45) is 3.64. The lowest BCUT2D eigenvalue weighted by Gasteiger charge is -2.34. The first-order valence-corrected chi connectivity index (χ1v) is 11.7. The van der Waals surface area contributed by atoms with Crippen molar-refractivity contribution in [3.05, 3.63) is 47.8 Å². The summed E-state index contributed by atoms with van der Waals surface area (Å²) in [5, 5.41) is 8.73. The number of piperidine rings is 1. The van der Waals surface area contributed by atoms with E-state index < -0.39 is 15.8 Å². The highest BCUT2D eigenvalue weighted by atomic mass is 32.2. The Labute approximate surface area is 171 Å². The van der Waals surface area contributed by atoms with Crippen molar-refractivity contribution in [1.82, 2.24) is 14.5 Å². The second-order valence-corrected chi connectivity index (χ2v) is 9.50. The van der Waals surface area contributed by atoms with Gasteiger partial charge < -0.3 is 9.80 Å². The fraction of sp³-hybridized carbons (Fsp3) is 0.500. The van der Waals surface area contributed by atoms with Crippen molar-refractivity contribution in [2.45, 2.75) is 25.0 Å². The Hall–Kier alpha value is -2.26. The predicted octanol–water partition coefficient (Wildman–Crippen LogP) is 2.26. The third-order valence-corrected chi connectivity index (χ3v) is 7.40. The van der Waals surface area contributed by atoms with E-state index in [1.807, 2.05) is 17.0 Å². The Kier molecular flexibility index (Phi) is 5.96. The van der Waals surface area contributed by atoms with Crippen molar-refractivity contribution in [1.29, 1.82) is 0 Å². The van der Waals surface area contributed by atoms with Crippen LogP contribution in [0.15, 0.2) is 36.4 Å². The number of benzene rings is 1. The number of sulfonamides is 1. The molecule has 2 aliphatic rings. The molecule has 4 rings (SSSR count). The third kappa shape index (κ3) is 4.67. The molecule has 2 aromatic rings. The average Bonchev–Trinajstić information content (AvgIpc) is 2.76. The Morgan fingerprint density at radius 1 is 0.793 bits per heavy atom. The molecule has 0 spiro atoms. The van der Waals surface area contributed by atoms with Gasteiger partial charge in [-0.25, -0.2) is 12.8 Å². The van der Waals surface area contributed by atoms with Crippen LogP contribution in [0.4, 0.5) is 16.0 Å². The minimum atomic E-state index is -3.56. The van der Waals surface area contributed by atoms with E-state index in [9.17, 15) is 12.8 Å². The van der Waals surface area contributed by atoms with Crippen LogP contribution in [0.5, 0.6) is 0 Å². The number of nitrogens with zero attached hydrogens (tertiary/aromatic N) is 5. The van der Waals surface area contributed by atoms with Crippen molar-refractivity contribution >= 4 is 21.7 Å². The normalized spacial score (nSPS) is 18.8. The Balaban J connectivity index is 1.36. The first-order valence-electron chi connectivity index (χ1n) is 10.1. The van der Waals surface area contributed by atoms with E-state index >= 15 is 0 Å². The van der Waals surface area contributed by atoms with Crippen LogP contribution in [0.25, 0.3) is 0 Å². The summed E-state index contributed by atoms with van der Waals surface area (Å²) in [6, 6.07) is 9.97. The van der Waals surface area contributed by atoms with Crippen molar-refractivity contribution in [3.8, 4) is 0 Å². The van der Waals surface area contributed by atoms with E-state index in [0.717, 1.165) is 24.7 Å². The van der Waals surface area contributed by atoms with Crippen LogP contribution >= 0.6 is 0 Å². The third-order valence-electron chi connectivity index (χ3n) is 5.57. The van der Waals surface area contributed by atoms with Crippen LogP contribution in [0, 0.1) is 5.82 Å². The van der Waals surface area contributed by atoms with Crippen LogP contribution in [-0.4, -0.2) is 62.2 Å². The Bertz CT molecular complexity index is 924. The molecule has 0 amide bonds. The monoisotopic (exact) mass is 419 g/mol. The summed E-state index contributed by atoms with van der Waals surface area (Å²) in [4.78, 5) is 4.30. The van der Waals surface area contributed by atoms with Gasteiger partial charge in [0.25, 0.3) is 0 Å². The van der Waals surface area contributed by atoms with E-state index in [1.165, 1.54) is 35.7 Å². The highest BCUT2D eigenvalue weighted by molar-refractivity contribution is 7.88. The van der Waals surface area contributed by atoms with Crippen molar-refractivity contribution in [2.75, 3.05) is 49.1 Å². The van der Waals surface area contributed by atoms with Gasteiger partial charge in [0.2, 0.25) is 10.0 Å². The lowest BCUT2D eigenvalue weighted by molar-refractivity contribution is 0.382. The summed E-state index contributed by atoms with van der Waals surface area (Å²) in [6.45, 7) is 3.82. The predicted molar refractivity (Wildman–Crippen MR) is 111 cm³/mol. The number of hydrogen-bond donors (Lipinski definition) is 0. The van der Waals surface area contributed by atoms with Gasteiger partial charge in [-0.3, -0.25) is 0 Å². The van der Waals surface area contributed by atoms with Gasteiger partial charge in [-0.1, -0.05) is 18.2 Å². The fourth-order valence-electron chi connectivity index (χ4n) is 3.88. The molecule has 0 N–H and O–H groups in total. The molecule has 1 aromatic heterocycles. The minimum absolute atomic E-state index is 0.203. The molecule has 0 bridgehead atoms. The van der Waals surface area contributed by atoms with E-state index in [-0.39, 0.29) is 11.3 Å². The zero-order chi connectivity index (χ0) is 20.3. The molecule has 3 heterocycles. The quantitative estimate of drug-likeness (QED) is 0.741. The summed E-state index contributed by atoms with van der Waals surface area (Å²) in [5.74, 6) is 0.861. The van der Waals surface area contributed by atoms with Gasteiger partial charge in [0, 0.05) is 44.8 Å². The molecule has 0 atom stereocenters. The highest BCUT2D eigenvalue weighted by Crippen LogP contribution is 2.21. The Morgan fingerprint density at radius 3 is 1.97 bits per heavy atom. The molecule has 1 aromatic carbocycles. The topological polar surface area (TPSA) is 69.6 Å². The van der Waals surface area contributed by atoms with Gasteiger partial charge in [0.05, 0.1) is 5.75 Å². The number of anilines is 2. The lowest BCUT2D eigenvalue weighted by atomic mass is 10.1. The van der Waals surface area contributed by atoms with E-state index in [0.29, 0.717) is 26.2 Å². The van der Waals surface area contributed by atoms with E-state index in [2.05, 4.69) is 15.1 Å². The molecule has 0 saturated carbocycles. The molecular formula is C20H26FN5O2S. The maximum absolute atomic E-state index is 13.8. The summed E-state index contributed by atoms with van der Waals surface area (Å²) in [7, 11) is -3.56. The molecule has 0 unspecified atom stereocenters. The standard InChI is InChI=1S/C20H26FN5O2S/c21-18-7-3-2-6-17(18)16-29(27,28)26-14-12-25(13-15-26)20-9-8-19(22-23-20)24-10-4-1-5-11-24/h2-3,6-9H,1,4-5,10-16H2. The number of aromatic nitrogens is 2. The molecule has 156 valence electrons. The Morgan fingerprint density at radius 2 is 1.38 bits per heavy atom. The van der Waals surface area contributed by atoms with E-state index in [1.54, 1.807) is 12.1 Å². The number of piperazine rings is 1. The first kappa shape index (κ1) is 20.0. The smallest absolute Gasteiger partial charge is 0.218 e. The van der Waals surface area contributed by atoms with Crippen molar-refractivity contribution in [2.24, 2.45) is 0 Å². The molecule has 2 aliphatic heterocycles. The number of halogens is 1. The molecule has 0 radical (unpaired) electrons. The fourth-order valence-corrected chi connectivity index (χ4v) is 5.41. The number of hydrogen-bond acceptors (Lipinski definition) is 6. The summed E-state index contributed by atoms with van der Waals surface area (Å²) in [5.41, 5.74) is 0.203. The summed E-state index contributed by atoms with van der Waals surface area (Å²) >= 11 is 0. The van der Waals surface area contributed by atoms with Crippen LogP contribution < -0.4 is 9.80 Å². The molecule has 2 saturated heterocycles. The van der Waals surface area contributed by atoms with Gasteiger partial charge in [-0.15, -0.1) is 10.2 Å². The zero-order valence-corrected chi connectivity index (χ0v) is 17.2. The average molecular weight is 420 g/mol. The minimum Gasteiger partial charge on any atom is -0.355 e. The van der Waals surface area contributed by atoms with Crippen LogP contribution in [-0.2, 0) is 15.8 Å². The van der Waals surface area contributed by atoms with E-state index in [4.69, 9.17) is 0 Å². The molecular weight excluding hydrogens is 393 g/mol. The van der Waals surface area contributed by atoms with Gasteiger partial charge in [-0.2, -0.15) is 4.31 Å². The largest absolute Gasteiger partial charge is 0.355 e. The lowest BCUT2D eigenvalue weighted by Crippen LogP contribution is -2.49. The second kappa shape index (κ2) is 8.62. The molecule has 2 fully saturated rings. The SMILES string of the molecule is O=S(=O)(Cc1ccccc1F)N1CCN(c2ccc(N3CCCCC3)nn2)CC1. The zero-order valence-electron chi connectivity index (χ0n) is 16.4. The first-order chi connectivity index (χ1) is 14.0.